The van der Waals surface area contributed by atoms with E-state index in [2.05, 4.69) is 17.4 Å². The molecule has 0 aliphatic carbocycles. The predicted octanol–water partition coefficient (Wildman–Crippen LogP) is 1.42. The Hall–Kier alpha value is -1.88. The van der Waals surface area contributed by atoms with E-state index < -0.39 is 0 Å². The summed E-state index contributed by atoms with van der Waals surface area (Å²) in [5, 5.41) is 2.91. The second kappa shape index (κ2) is 7.13. The van der Waals surface area contributed by atoms with Gasteiger partial charge in [-0.3, -0.25) is 14.5 Å². The molecule has 2 amide bonds. The highest BCUT2D eigenvalue weighted by Crippen LogP contribution is 2.18. The molecule has 1 heterocycles. The molecular formula is C18H27N3O2. The molecule has 0 saturated carbocycles. The van der Waals surface area contributed by atoms with E-state index in [0.29, 0.717) is 6.54 Å². The quantitative estimate of drug-likeness (QED) is 0.914. The third kappa shape index (κ3) is 5.36. The Morgan fingerprint density at radius 1 is 1.17 bits per heavy atom. The van der Waals surface area contributed by atoms with Crippen molar-refractivity contribution in [2.24, 2.45) is 0 Å². The van der Waals surface area contributed by atoms with Crippen LogP contribution in [0.2, 0.25) is 0 Å². The third-order valence-corrected chi connectivity index (χ3v) is 3.82. The second-order valence-corrected chi connectivity index (χ2v) is 7.30. The Morgan fingerprint density at radius 3 is 2.48 bits per heavy atom. The number of hydrogen-bond acceptors (Lipinski definition) is 3. The molecule has 2 rings (SSSR count). The lowest BCUT2D eigenvalue weighted by Gasteiger charge is -2.30. The average Bonchev–Trinajstić information content (AvgIpc) is 2.44. The molecular weight excluding hydrogens is 290 g/mol. The zero-order valence-corrected chi connectivity index (χ0v) is 14.6. The van der Waals surface area contributed by atoms with Gasteiger partial charge in [0.25, 0.3) is 0 Å². The monoisotopic (exact) mass is 317 g/mol. The van der Waals surface area contributed by atoms with Crippen LogP contribution in [0.3, 0.4) is 0 Å². The van der Waals surface area contributed by atoms with Gasteiger partial charge in [0.05, 0.1) is 13.1 Å². The van der Waals surface area contributed by atoms with E-state index in [-0.39, 0.29) is 30.4 Å². The van der Waals surface area contributed by atoms with E-state index in [1.54, 1.807) is 11.9 Å². The summed E-state index contributed by atoms with van der Waals surface area (Å²) in [6, 6.07) is 8.25. The third-order valence-electron chi connectivity index (χ3n) is 3.82. The highest BCUT2D eigenvalue weighted by molar-refractivity contribution is 5.81. The van der Waals surface area contributed by atoms with Gasteiger partial charge < -0.3 is 10.2 Å². The van der Waals surface area contributed by atoms with Crippen molar-refractivity contribution in [3.05, 3.63) is 35.4 Å². The highest BCUT2D eigenvalue weighted by atomic mass is 16.2. The Balaban J connectivity index is 1.84. The standard InChI is InChI=1S/C18H27N3O2/c1-18(2,3)19-16(22)12-20(4)13-17(23)21-10-9-14-7-5-6-8-15(14)11-21/h5-8H,9-13H2,1-4H3,(H,19,22). The maximum atomic E-state index is 12.4. The van der Waals surface area contributed by atoms with Crippen molar-refractivity contribution in [2.75, 3.05) is 26.7 Å². The van der Waals surface area contributed by atoms with Crippen LogP contribution in [-0.4, -0.2) is 53.8 Å². The first-order valence-corrected chi connectivity index (χ1v) is 8.09. The Morgan fingerprint density at radius 2 is 1.83 bits per heavy atom. The van der Waals surface area contributed by atoms with Gasteiger partial charge in [-0.25, -0.2) is 0 Å². The average molecular weight is 317 g/mol. The van der Waals surface area contributed by atoms with Crippen molar-refractivity contribution < 1.29 is 9.59 Å². The zero-order chi connectivity index (χ0) is 17.0. The number of amides is 2. The van der Waals surface area contributed by atoms with Crippen LogP contribution in [-0.2, 0) is 22.6 Å². The number of hydrogen-bond donors (Lipinski definition) is 1. The van der Waals surface area contributed by atoms with Crippen LogP contribution in [0, 0.1) is 0 Å². The van der Waals surface area contributed by atoms with Crippen LogP contribution in [0.25, 0.3) is 0 Å². The number of nitrogens with zero attached hydrogens (tertiary/aromatic N) is 2. The van der Waals surface area contributed by atoms with E-state index in [1.165, 1.54) is 11.1 Å². The predicted molar refractivity (Wildman–Crippen MR) is 91.0 cm³/mol. The van der Waals surface area contributed by atoms with E-state index in [9.17, 15) is 9.59 Å². The summed E-state index contributed by atoms with van der Waals surface area (Å²) in [5.74, 6) is 0.0161. The molecule has 1 N–H and O–H groups in total. The molecule has 0 radical (unpaired) electrons. The largest absolute Gasteiger partial charge is 0.350 e. The number of carbonyl (C=O) groups excluding carboxylic acids is 2. The van der Waals surface area contributed by atoms with Crippen molar-refractivity contribution >= 4 is 11.8 Å². The molecule has 0 fully saturated rings. The topological polar surface area (TPSA) is 52.7 Å². The molecule has 0 aromatic heterocycles. The van der Waals surface area contributed by atoms with Crippen molar-refractivity contribution in [1.29, 1.82) is 0 Å². The SMILES string of the molecule is CN(CC(=O)NC(C)(C)C)CC(=O)N1CCc2ccccc2C1. The second-order valence-electron chi connectivity index (χ2n) is 7.30. The van der Waals surface area contributed by atoms with Crippen molar-refractivity contribution in [2.45, 2.75) is 39.3 Å². The lowest BCUT2D eigenvalue weighted by atomic mass is 10.00. The van der Waals surface area contributed by atoms with Crippen LogP contribution in [0.15, 0.2) is 24.3 Å². The molecule has 0 saturated heterocycles. The summed E-state index contributed by atoms with van der Waals surface area (Å²) in [6.45, 7) is 7.74. The number of rotatable bonds is 4. The number of nitrogens with one attached hydrogen (secondary N) is 1. The molecule has 0 unspecified atom stereocenters. The summed E-state index contributed by atoms with van der Waals surface area (Å²) in [4.78, 5) is 28.0. The van der Waals surface area contributed by atoms with Gasteiger partial charge in [0.2, 0.25) is 11.8 Å². The number of benzene rings is 1. The zero-order valence-electron chi connectivity index (χ0n) is 14.6. The summed E-state index contributed by atoms with van der Waals surface area (Å²) in [5.41, 5.74) is 2.30. The minimum Gasteiger partial charge on any atom is -0.350 e. The molecule has 5 heteroatoms. The van der Waals surface area contributed by atoms with Gasteiger partial charge in [0, 0.05) is 18.6 Å². The van der Waals surface area contributed by atoms with Crippen LogP contribution in [0.1, 0.15) is 31.9 Å². The normalized spacial score (nSPS) is 14.6. The summed E-state index contributed by atoms with van der Waals surface area (Å²) < 4.78 is 0. The van der Waals surface area contributed by atoms with Crippen LogP contribution < -0.4 is 5.32 Å². The number of fused-ring (bicyclic) bond motifs is 1. The lowest BCUT2D eigenvalue weighted by molar-refractivity contribution is -0.133. The molecule has 1 aliphatic rings. The van der Waals surface area contributed by atoms with Gasteiger partial charge in [-0.15, -0.1) is 0 Å². The fourth-order valence-electron chi connectivity index (χ4n) is 2.80. The van der Waals surface area contributed by atoms with Crippen molar-refractivity contribution in [3.8, 4) is 0 Å². The van der Waals surface area contributed by atoms with E-state index in [4.69, 9.17) is 0 Å². The highest BCUT2D eigenvalue weighted by Gasteiger charge is 2.22. The number of carbonyl (C=O) groups is 2. The lowest BCUT2D eigenvalue weighted by Crippen LogP contribution is -2.47. The van der Waals surface area contributed by atoms with Crippen LogP contribution in [0.4, 0.5) is 0 Å². The Labute approximate surface area is 138 Å². The minimum absolute atomic E-state index is 0.0585. The smallest absolute Gasteiger partial charge is 0.237 e. The molecule has 23 heavy (non-hydrogen) atoms. The first kappa shape index (κ1) is 17.5. The molecule has 0 atom stereocenters. The summed E-state index contributed by atoms with van der Waals surface area (Å²) in [7, 11) is 1.80. The molecule has 1 aromatic rings. The van der Waals surface area contributed by atoms with Gasteiger partial charge in [-0.05, 0) is 45.4 Å². The summed E-state index contributed by atoms with van der Waals surface area (Å²) >= 11 is 0. The maximum Gasteiger partial charge on any atom is 0.237 e. The molecule has 1 aliphatic heterocycles. The van der Waals surface area contributed by atoms with E-state index in [1.807, 2.05) is 37.8 Å². The van der Waals surface area contributed by atoms with Crippen LogP contribution >= 0.6 is 0 Å². The fraction of sp³-hybridized carbons (Fsp3) is 0.556. The summed E-state index contributed by atoms with van der Waals surface area (Å²) in [6.07, 6.45) is 0.899. The molecule has 5 nitrogen and oxygen atoms in total. The number of likely N-dealkylation sites (N-methyl/N-ethyl adjacent to an activating group) is 1. The molecule has 1 aromatic carbocycles. The van der Waals surface area contributed by atoms with Gasteiger partial charge in [0.15, 0.2) is 0 Å². The first-order valence-electron chi connectivity index (χ1n) is 8.09. The minimum atomic E-state index is -0.251. The van der Waals surface area contributed by atoms with Gasteiger partial charge in [-0.2, -0.15) is 0 Å². The van der Waals surface area contributed by atoms with Gasteiger partial charge >= 0.3 is 0 Å². The van der Waals surface area contributed by atoms with E-state index in [0.717, 1.165) is 13.0 Å². The Bertz CT molecular complexity index is 578. The molecule has 0 spiro atoms. The Kier molecular flexibility index (Phi) is 5.42. The maximum absolute atomic E-state index is 12.4. The fourth-order valence-corrected chi connectivity index (χ4v) is 2.80. The van der Waals surface area contributed by atoms with Crippen LogP contribution in [0.5, 0.6) is 0 Å². The van der Waals surface area contributed by atoms with Crippen molar-refractivity contribution in [3.63, 3.8) is 0 Å². The van der Waals surface area contributed by atoms with Gasteiger partial charge in [-0.1, -0.05) is 24.3 Å². The van der Waals surface area contributed by atoms with Crippen molar-refractivity contribution in [1.82, 2.24) is 15.1 Å². The van der Waals surface area contributed by atoms with E-state index >= 15 is 0 Å². The molecule has 126 valence electrons. The molecule has 0 bridgehead atoms. The first-order chi connectivity index (χ1) is 10.7. The van der Waals surface area contributed by atoms with Gasteiger partial charge in [0.1, 0.15) is 0 Å².